The van der Waals surface area contributed by atoms with Crippen molar-refractivity contribution in [3.05, 3.63) is 0 Å². The lowest BCUT2D eigenvalue weighted by Gasteiger charge is -2.24. The Morgan fingerprint density at radius 3 is 1.94 bits per heavy atom. The first-order valence-electron chi connectivity index (χ1n) is 7.15. The van der Waals surface area contributed by atoms with Crippen molar-refractivity contribution in [1.29, 1.82) is 0 Å². The lowest BCUT2D eigenvalue weighted by molar-refractivity contribution is 0.0780. The fourth-order valence-corrected chi connectivity index (χ4v) is 2.41. The van der Waals surface area contributed by atoms with E-state index < -0.39 is 0 Å². The molecule has 2 atom stereocenters. The standard InChI is InChI=1S/C15H32O/c1-6-8-14(11-13(4)5)15(16)10-7-9-12(2)3/h12-16H,6-11H2,1-5H3. The maximum absolute atomic E-state index is 10.2. The van der Waals surface area contributed by atoms with E-state index in [1.54, 1.807) is 0 Å². The molecule has 1 N–H and O–H groups in total. The van der Waals surface area contributed by atoms with Crippen LogP contribution in [0.3, 0.4) is 0 Å². The Balaban J connectivity index is 3.90. The number of hydrogen-bond acceptors (Lipinski definition) is 1. The van der Waals surface area contributed by atoms with Crippen LogP contribution in [0.2, 0.25) is 0 Å². The minimum Gasteiger partial charge on any atom is -0.393 e. The van der Waals surface area contributed by atoms with Crippen LogP contribution in [0.5, 0.6) is 0 Å². The summed E-state index contributed by atoms with van der Waals surface area (Å²) in [7, 11) is 0. The second-order valence-electron chi connectivity index (χ2n) is 6.07. The average molecular weight is 228 g/mol. The van der Waals surface area contributed by atoms with Gasteiger partial charge in [0.1, 0.15) is 0 Å². The van der Waals surface area contributed by atoms with Crippen LogP contribution in [0.1, 0.15) is 73.1 Å². The van der Waals surface area contributed by atoms with Crippen molar-refractivity contribution in [2.75, 3.05) is 0 Å². The van der Waals surface area contributed by atoms with E-state index in [2.05, 4.69) is 34.6 Å². The van der Waals surface area contributed by atoms with Crippen LogP contribution in [-0.2, 0) is 0 Å². The van der Waals surface area contributed by atoms with Gasteiger partial charge in [0, 0.05) is 0 Å². The topological polar surface area (TPSA) is 20.2 Å². The Morgan fingerprint density at radius 2 is 1.50 bits per heavy atom. The third kappa shape index (κ3) is 8.15. The minimum atomic E-state index is -0.0684. The maximum Gasteiger partial charge on any atom is 0.0568 e. The Bertz CT molecular complexity index is 152. The van der Waals surface area contributed by atoms with Crippen molar-refractivity contribution in [1.82, 2.24) is 0 Å². The second-order valence-corrected chi connectivity index (χ2v) is 6.07. The van der Waals surface area contributed by atoms with Gasteiger partial charge in [0.15, 0.2) is 0 Å². The van der Waals surface area contributed by atoms with Gasteiger partial charge >= 0.3 is 0 Å². The summed E-state index contributed by atoms with van der Waals surface area (Å²) < 4.78 is 0. The number of hydrogen-bond donors (Lipinski definition) is 1. The van der Waals surface area contributed by atoms with Gasteiger partial charge in [-0.05, 0) is 37.0 Å². The molecule has 0 saturated carbocycles. The number of aliphatic hydroxyl groups excluding tert-OH is 1. The summed E-state index contributed by atoms with van der Waals surface area (Å²) in [6.45, 7) is 11.2. The molecular weight excluding hydrogens is 196 g/mol. The van der Waals surface area contributed by atoms with Crippen molar-refractivity contribution in [3.8, 4) is 0 Å². The monoisotopic (exact) mass is 228 g/mol. The first-order chi connectivity index (χ1) is 7.47. The van der Waals surface area contributed by atoms with Crippen molar-refractivity contribution in [2.45, 2.75) is 79.2 Å². The lowest BCUT2D eigenvalue weighted by atomic mass is 9.86. The van der Waals surface area contributed by atoms with Gasteiger partial charge in [-0.15, -0.1) is 0 Å². The first kappa shape index (κ1) is 16.0. The van der Waals surface area contributed by atoms with Crippen LogP contribution in [0.25, 0.3) is 0 Å². The van der Waals surface area contributed by atoms with Gasteiger partial charge in [-0.1, -0.05) is 53.9 Å². The molecule has 0 saturated heterocycles. The molecule has 0 aliphatic heterocycles. The smallest absolute Gasteiger partial charge is 0.0568 e. The normalized spacial score (nSPS) is 15.8. The molecule has 1 nitrogen and oxygen atoms in total. The van der Waals surface area contributed by atoms with Crippen molar-refractivity contribution in [3.63, 3.8) is 0 Å². The fraction of sp³-hybridized carbons (Fsp3) is 1.00. The van der Waals surface area contributed by atoms with Crippen LogP contribution < -0.4 is 0 Å². The van der Waals surface area contributed by atoms with Crippen LogP contribution >= 0.6 is 0 Å². The van der Waals surface area contributed by atoms with Gasteiger partial charge in [0.25, 0.3) is 0 Å². The van der Waals surface area contributed by atoms with E-state index in [9.17, 15) is 5.11 Å². The molecule has 0 spiro atoms. The molecule has 0 aromatic carbocycles. The van der Waals surface area contributed by atoms with Crippen LogP contribution in [0, 0.1) is 17.8 Å². The van der Waals surface area contributed by atoms with Gasteiger partial charge in [0.2, 0.25) is 0 Å². The zero-order valence-corrected chi connectivity index (χ0v) is 12.0. The predicted octanol–water partition coefficient (Wildman–Crippen LogP) is 4.64. The average Bonchev–Trinajstić information content (AvgIpc) is 2.15. The highest BCUT2D eigenvalue weighted by Gasteiger charge is 2.19. The summed E-state index contributed by atoms with van der Waals surface area (Å²) in [5, 5.41) is 10.2. The van der Waals surface area contributed by atoms with E-state index in [0.717, 1.165) is 12.3 Å². The molecule has 2 unspecified atom stereocenters. The molecule has 0 rings (SSSR count). The first-order valence-corrected chi connectivity index (χ1v) is 7.15. The largest absolute Gasteiger partial charge is 0.393 e. The van der Waals surface area contributed by atoms with Crippen molar-refractivity contribution < 1.29 is 5.11 Å². The van der Waals surface area contributed by atoms with Gasteiger partial charge in [-0.25, -0.2) is 0 Å². The molecule has 0 aromatic heterocycles. The molecular formula is C15H32O. The van der Waals surface area contributed by atoms with Gasteiger partial charge in [-0.3, -0.25) is 0 Å². The van der Waals surface area contributed by atoms with Crippen LogP contribution in [-0.4, -0.2) is 11.2 Å². The highest BCUT2D eigenvalue weighted by atomic mass is 16.3. The van der Waals surface area contributed by atoms with E-state index >= 15 is 0 Å². The molecule has 98 valence electrons. The zero-order valence-electron chi connectivity index (χ0n) is 12.0. The molecule has 0 bridgehead atoms. The Morgan fingerprint density at radius 1 is 0.875 bits per heavy atom. The maximum atomic E-state index is 10.2. The SMILES string of the molecule is CCCC(CC(C)C)C(O)CCCC(C)C. The predicted molar refractivity (Wildman–Crippen MR) is 72.5 cm³/mol. The number of rotatable bonds is 9. The highest BCUT2D eigenvalue weighted by molar-refractivity contribution is 4.70. The summed E-state index contributed by atoms with van der Waals surface area (Å²) in [5.41, 5.74) is 0. The Labute approximate surface area is 103 Å². The molecule has 0 heterocycles. The molecule has 0 radical (unpaired) electrons. The molecule has 0 aliphatic carbocycles. The number of aliphatic hydroxyl groups is 1. The van der Waals surface area contributed by atoms with Crippen molar-refractivity contribution in [2.24, 2.45) is 17.8 Å². The Hall–Kier alpha value is -0.0400. The van der Waals surface area contributed by atoms with Gasteiger partial charge in [0.05, 0.1) is 6.10 Å². The van der Waals surface area contributed by atoms with Crippen molar-refractivity contribution >= 4 is 0 Å². The summed E-state index contributed by atoms with van der Waals surface area (Å²) in [6, 6.07) is 0. The summed E-state index contributed by atoms with van der Waals surface area (Å²) in [6.07, 6.45) is 6.90. The third-order valence-corrected chi connectivity index (χ3v) is 3.26. The molecule has 16 heavy (non-hydrogen) atoms. The minimum absolute atomic E-state index is 0.0684. The molecule has 0 aromatic rings. The second kappa shape index (κ2) is 9.04. The molecule has 1 heteroatoms. The third-order valence-electron chi connectivity index (χ3n) is 3.26. The Kier molecular flexibility index (Phi) is 9.02. The highest BCUT2D eigenvalue weighted by Crippen LogP contribution is 2.24. The fourth-order valence-electron chi connectivity index (χ4n) is 2.41. The van der Waals surface area contributed by atoms with E-state index in [1.807, 2.05) is 0 Å². The van der Waals surface area contributed by atoms with Gasteiger partial charge < -0.3 is 5.11 Å². The van der Waals surface area contributed by atoms with E-state index in [1.165, 1.54) is 32.1 Å². The summed E-state index contributed by atoms with van der Waals surface area (Å²) in [4.78, 5) is 0. The van der Waals surface area contributed by atoms with Crippen LogP contribution in [0.4, 0.5) is 0 Å². The van der Waals surface area contributed by atoms with E-state index in [4.69, 9.17) is 0 Å². The van der Waals surface area contributed by atoms with E-state index in [0.29, 0.717) is 11.8 Å². The van der Waals surface area contributed by atoms with E-state index in [-0.39, 0.29) is 6.10 Å². The molecule has 0 fully saturated rings. The van der Waals surface area contributed by atoms with Crippen LogP contribution in [0.15, 0.2) is 0 Å². The molecule has 0 amide bonds. The van der Waals surface area contributed by atoms with Gasteiger partial charge in [-0.2, -0.15) is 0 Å². The molecule has 0 aliphatic rings. The quantitative estimate of drug-likeness (QED) is 0.609. The zero-order chi connectivity index (χ0) is 12.6. The summed E-state index contributed by atoms with van der Waals surface area (Å²) >= 11 is 0. The lowest BCUT2D eigenvalue weighted by Crippen LogP contribution is -2.22. The summed E-state index contributed by atoms with van der Waals surface area (Å²) in [5.74, 6) is 2.00.